The van der Waals surface area contributed by atoms with Gasteiger partial charge in [-0.2, -0.15) is 0 Å². The van der Waals surface area contributed by atoms with Crippen LogP contribution in [0.25, 0.3) is 0 Å². The second kappa shape index (κ2) is 6.73. The van der Waals surface area contributed by atoms with Crippen LogP contribution in [-0.2, 0) is 14.3 Å². The molecule has 104 valence electrons. The first-order valence-corrected chi connectivity index (χ1v) is 6.60. The van der Waals surface area contributed by atoms with Gasteiger partial charge >= 0.3 is 5.97 Å². The van der Waals surface area contributed by atoms with Gasteiger partial charge in [-0.15, -0.1) is 0 Å². The Morgan fingerprint density at radius 2 is 1.94 bits per heavy atom. The van der Waals surface area contributed by atoms with Crippen LogP contribution in [0.5, 0.6) is 0 Å². The number of hydrogen-bond acceptors (Lipinski definition) is 4. The Hall–Kier alpha value is -1.10. The molecule has 0 radical (unpaired) electrons. The number of rotatable bonds is 5. The van der Waals surface area contributed by atoms with Crippen molar-refractivity contribution < 1.29 is 14.3 Å². The maximum atomic E-state index is 11.9. The van der Waals surface area contributed by atoms with Gasteiger partial charge < -0.3 is 15.8 Å². The minimum Gasteiger partial charge on any atom is -0.467 e. The van der Waals surface area contributed by atoms with Crippen molar-refractivity contribution in [3.8, 4) is 0 Å². The Balaban J connectivity index is 2.49. The zero-order chi connectivity index (χ0) is 13.6. The molecular weight excluding hydrogens is 232 g/mol. The van der Waals surface area contributed by atoms with Gasteiger partial charge in [0, 0.05) is 6.42 Å². The number of methoxy groups -OCH3 is 1. The van der Waals surface area contributed by atoms with Crippen LogP contribution in [0.4, 0.5) is 0 Å². The first-order chi connectivity index (χ1) is 8.53. The predicted octanol–water partition coefficient (Wildman–Crippen LogP) is 0.963. The van der Waals surface area contributed by atoms with E-state index in [0.717, 1.165) is 25.7 Å². The number of carbonyl (C=O) groups excluding carboxylic acids is 2. The molecule has 1 rings (SSSR count). The minimum atomic E-state index is -0.596. The maximum Gasteiger partial charge on any atom is 0.328 e. The second-order valence-corrected chi connectivity index (χ2v) is 5.25. The van der Waals surface area contributed by atoms with E-state index in [-0.39, 0.29) is 11.3 Å². The lowest BCUT2D eigenvalue weighted by Crippen LogP contribution is -2.43. The van der Waals surface area contributed by atoms with E-state index in [0.29, 0.717) is 13.0 Å². The van der Waals surface area contributed by atoms with E-state index in [4.69, 9.17) is 5.73 Å². The highest BCUT2D eigenvalue weighted by Crippen LogP contribution is 2.38. The Kier molecular flexibility index (Phi) is 5.59. The topological polar surface area (TPSA) is 81.4 Å². The zero-order valence-corrected chi connectivity index (χ0v) is 11.3. The van der Waals surface area contributed by atoms with E-state index in [9.17, 15) is 9.59 Å². The molecule has 1 atom stereocenters. The fourth-order valence-corrected chi connectivity index (χ4v) is 2.62. The van der Waals surface area contributed by atoms with Gasteiger partial charge in [0.05, 0.1) is 7.11 Å². The van der Waals surface area contributed by atoms with E-state index in [1.807, 2.05) is 0 Å². The summed E-state index contributed by atoms with van der Waals surface area (Å²) in [5, 5.41) is 2.67. The molecule has 0 heterocycles. The van der Waals surface area contributed by atoms with Crippen LogP contribution in [0.15, 0.2) is 0 Å². The highest BCUT2D eigenvalue weighted by atomic mass is 16.5. The third-order valence-electron chi connectivity index (χ3n) is 3.82. The van der Waals surface area contributed by atoms with Gasteiger partial charge in [-0.1, -0.05) is 19.3 Å². The monoisotopic (exact) mass is 256 g/mol. The summed E-state index contributed by atoms with van der Waals surface area (Å²) < 4.78 is 4.58. The third-order valence-corrected chi connectivity index (χ3v) is 3.82. The Morgan fingerprint density at radius 1 is 1.33 bits per heavy atom. The molecule has 0 aromatic carbocycles. The van der Waals surface area contributed by atoms with Crippen LogP contribution in [0.2, 0.25) is 0 Å². The van der Waals surface area contributed by atoms with E-state index in [2.05, 4.69) is 10.1 Å². The summed E-state index contributed by atoms with van der Waals surface area (Å²) in [5.74, 6) is -0.533. The molecule has 0 unspecified atom stereocenters. The van der Waals surface area contributed by atoms with Crippen LogP contribution in [0.1, 0.15) is 45.4 Å². The van der Waals surface area contributed by atoms with E-state index in [1.165, 1.54) is 13.5 Å². The number of hydrogen-bond donors (Lipinski definition) is 2. The average Bonchev–Trinajstić information content (AvgIpc) is 2.38. The smallest absolute Gasteiger partial charge is 0.328 e. The quantitative estimate of drug-likeness (QED) is 0.718. The highest BCUT2D eigenvalue weighted by molar-refractivity contribution is 5.84. The minimum absolute atomic E-state index is 0.0713. The van der Waals surface area contributed by atoms with Gasteiger partial charge in [0.2, 0.25) is 5.91 Å². The van der Waals surface area contributed by atoms with Crippen LogP contribution in [0.3, 0.4) is 0 Å². The van der Waals surface area contributed by atoms with Crippen LogP contribution in [-0.4, -0.2) is 31.6 Å². The maximum absolute atomic E-state index is 11.9. The number of esters is 1. The van der Waals surface area contributed by atoms with Gasteiger partial charge in [-0.05, 0) is 31.7 Å². The lowest BCUT2D eigenvalue weighted by Gasteiger charge is -2.35. The molecule has 0 aliphatic heterocycles. The number of carbonyl (C=O) groups is 2. The summed E-state index contributed by atoms with van der Waals surface area (Å²) in [5.41, 5.74) is 5.76. The van der Waals surface area contributed by atoms with Crippen molar-refractivity contribution in [1.29, 1.82) is 0 Å². The number of nitrogens with two attached hydrogens (primary N) is 1. The van der Waals surface area contributed by atoms with Crippen molar-refractivity contribution in [1.82, 2.24) is 5.32 Å². The van der Waals surface area contributed by atoms with Crippen molar-refractivity contribution in [2.24, 2.45) is 11.1 Å². The predicted molar refractivity (Wildman–Crippen MR) is 68.8 cm³/mol. The number of nitrogens with one attached hydrogen (secondary N) is 1. The fraction of sp³-hybridized carbons (Fsp3) is 0.846. The molecular formula is C13H24N2O3. The number of amides is 1. The fourth-order valence-electron chi connectivity index (χ4n) is 2.62. The summed E-state index contributed by atoms with van der Waals surface area (Å²) in [7, 11) is 1.31. The highest BCUT2D eigenvalue weighted by Gasteiger charge is 2.33. The SMILES string of the molecule is COC(=O)[C@H](C)NC(=O)CC1(CN)CCCCC1. The lowest BCUT2D eigenvalue weighted by atomic mass is 9.71. The molecule has 0 aromatic heterocycles. The molecule has 0 spiro atoms. The van der Waals surface area contributed by atoms with Crippen LogP contribution in [0, 0.1) is 5.41 Å². The lowest BCUT2D eigenvalue weighted by molar-refractivity contribution is -0.144. The Bertz CT molecular complexity index is 299. The Morgan fingerprint density at radius 3 is 2.44 bits per heavy atom. The molecule has 0 saturated heterocycles. The van der Waals surface area contributed by atoms with Gasteiger partial charge in [0.15, 0.2) is 0 Å². The van der Waals surface area contributed by atoms with Gasteiger partial charge in [-0.25, -0.2) is 4.79 Å². The molecule has 18 heavy (non-hydrogen) atoms. The largest absolute Gasteiger partial charge is 0.467 e. The van der Waals surface area contributed by atoms with Crippen molar-refractivity contribution in [2.45, 2.75) is 51.5 Å². The zero-order valence-electron chi connectivity index (χ0n) is 11.3. The van der Waals surface area contributed by atoms with Gasteiger partial charge in [-0.3, -0.25) is 4.79 Å². The summed E-state index contributed by atoms with van der Waals surface area (Å²) in [6, 6.07) is -0.596. The normalized spacial score (nSPS) is 19.9. The first-order valence-electron chi connectivity index (χ1n) is 6.60. The van der Waals surface area contributed by atoms with E-state index < -0.39 is 12.0 Å². The second-order valence-electron chi connectivity index (χ2n) is 5.25. The number of ether oxygens (including phenoxy) is 1. The third kappa shape index (κ3) is 3.98. The molecule has 0 aromatic rings. The van der Waals surface area contributed by atoms with Crippen LogP contribution >= 0.6 is 0 Å². The van der Waals surface area contributed by atoms with Crippen molar-refractivity contribution in [3.63, 3.8) is 0 Å². The molecule has 1 aliphatic carbocycles. The molecule has 1 aliphatic rings. The van der Waals surface area contributed by atoms with Gasteiger partial charge in [0.25, 0.3) is 0 Å². The molecule has 5 heteroatoms. The molecule has 5 nitrogen and oxygen atoms in total. The summed E-state index contributed by atoms with van der Waals surface area (Å²) in [6.45, 7) is 2.16. The summed E-state index contributed by atoms with van der Waals surface area (Å²) >= 11 is 0. The van der Waals surface area contributed by atoms with Crippen molar-refractivity contribution in [3.05, 3.63) is 0 Å². The van der Waals surface area contributed by atoms with E-state index in [1.54, 1.807) is 6.92 Å². The molecule has 0 bridgehead atoms. The molecule has 1 fully saturated rings. The summed E-state index contributed by atoms with van der Waals surface area (Å²) in [4.78, 5) is 23.2. The molecule has 1 saturated carbocycles. The average molecular weight is 256 g/mol. The van der Waals surface area contributed by atoms with Crippen molar-refractivity contribution in [2.75, 3.05) is 13.7 Å². The molecule has 1 amide bonds. The van der Waals surface area contributed by atoms with Crippen LogP contribution < -0.4 is 11.1 Å². The standard InChI is InChI=1S/C13H24N2O3/c1-10(12(17)18-2)15-11(16)8-13(9-14)6-4-3-5-7-13/h10H,3-9,14H2,1-2H3,(H,15,16)/t10-/m0/s1. The van der Waals surface area contributed by atoms with Gasteiger partial charge in [0.1, 0.15) is 6.04 Å². The molecule has 3 N–H and O–H groups in total. The Labute approximate surface area is 108 Å². The summed E-state index contributed by atoms with van der Waals surface area (Å²) in [6.07, 6.45) is 5.91. The first kappa shape index (κ1) is 15.0. The van der Waals surface area contributed by atoms with E-state index >= 15 is 0 Å². The van der Waals surface area contributed by atoms with Crippen molar-refractivity contribution >= 4 is 11.9 Å².